The van der Waals surface area contributed by atoms with Gasteiger partial charge < -0.3 is 0 Å². The van der Waals surface area contributed by atoms with Crippen molar-refractivity contribution < 1.29 is 18.9 Å². The van der Waals surface area contributed by atoms with Gasteiger partial charge in [-0.3, -0.25) is 0 Å². The van der Waals surface area contributed by atoms with Crippen molar-refractivity contribution in [3.05, 3.63) is 30.1 Å². The van der Waals surface area contributed by atoms with Gasteiger partial charge in [0.05, 0.1) is 0 Å². The normalized spacial score (nSPS) is 25.2. The van der Waals surface area contributed by atoms with Crippen LogP contribution in [-0.2, 0) is 0 Å². The van der Waals surface area contributed by atoms with Gasteiger partial charge in [-0.05, 0) is 30.1 Å². The van der Waals surface area contributed by atoms with Crippen LogP contribution in [0.3, 0.4) is 0 Å². The van der Waals surface area contributed by atoms with Gasteiger partial charge in [-0.25, -0.2) is 0 Å². The van der Waals surface area contributed by atoms with Gasteiger partial charge in [0.25, 0.3) is 0 Å². The fraction of sp³-hybridized carbons (Fsp3) is 0.444. The summed E-state index contributed by atoms with van der Waals surface area (Å²) in [5.74, 6) is 5.75. The van der Waals surface area contributed by atoms with E-state index in [1.165, 1.54) is 23.7 Å². The van der Waals surface area contributed by atoms with Crippen LogP contribution in [0.5, 0.6) is 0 Å². The van der Waals surface area contributed by atoms with Crippen molar-refractivity contribution in [1.82, 2.24) is 0 Å². The number of rotatable bonds is 0. The van der Waals surface area contributed by atoms with E-state index in [0.29, 0.717) is 0 Å². The first kappa shape index (κ1) is 10.6. The smallest absolute Gasteiger partial charge is 0.0582 e. The van der Waals surface area contributed by atoms with Crippen LogP contribution < -0.4 is 18.9 Å². The summed E-state index contributed by atoms with van der Waals surface area (Å²) in [6, 6.07) is 0. The molecule has 10 heavy (non-hydrogen) atoms. The standard InChI is InChI=1S/C9H13.Li/c1-6-5-7(2)9(4)8(6)3;/h5H,1-4H3;/q;+1. The molecule has 0 unspecified atom stereocenters. The van der Waals surface area contributed by atoms with E-state index in [9.17, 15) is 0 Å². The molecule has 0 atom stereocenters. The first-order valence-corrected chi connectivity index (χ1v) is 3.33. The molecule has 0 aromatic rings. The van der Waals surface area contributed by atoms with Gasteiger partial charge in [-0.1, -0.05) is 27.7 Å². The van der Waals surface area contributed by atoms with Gasteiger partial charge >= 0.3 is 18.9 Å². The maximum absolute atomic E-state index is 2.24. The Balaban J connectivity index is 0.000000810. The molecular weight excluding hydrogens is 115 g/mol. The fourth-order valence-corrected chi connectivity index (χ4v) is 1.13. The van der Waals surface area contributed by atoms with Crippen LogP contribution in [-0.4, -0.2) is 0 Å². The van der Waals surface area contributed by atoms with Crippen LogP contribution in [0.4, 0.5) is 0 Å². The SMILES string of the molecule is C[C]1[CH][C](C)[C](C)[C]1C.[Li+]. The minimum Gasteiger partial charge on any atom is -0.0582 e. The summed E-state index contributed by atoms with van der Waals surface area (Å²) in [4.78, 5) is 0. The Labute approximate surface area is 77.0 Å². The predicted molar refractivity (Wildman–Crippen MR) is 40.0 cm³/mol. The fourth-order valence-electron chi connectivity index (χ4n) is 1.13. The van der Waals surface area contributed by atoms with E-state index in [4.69, 9.17) is 0 Å². The minimum atomic E-state index is 0. The molecule has 0 N–H and O–H groups in total. The Morgan fingerprint density at radius 2 is 1.10 bits per heavy atom. The molecule has 5 radical (unpaired) electrons. The van der Waals surface area contributed by atoms with E-state index < -0.39 is 0 Å². The van der Waals surface area contributed by atoms with Crippen LogP contribution in [0, 0.1) is 30.1 Å². The third kappa shape index (κ3) is 1.80. The third-order valence-electron chi connectivity index (χ3n) is 2.18. The monoisotopic (exact) mass is 128 g/mol. The van der Waals surface area contributed by atoms with Gasteiger partial charge in [0, 0.05) is 0 Å². The second kappa shape index (κ2) is 3.84. The summed E-state index contributed by atoms with van der Waals surface area (Å²) in [5.41, 5.74) is 0. The largest absolute Gasteiger partial charge is 1.00 e. The van der Waals surface area contributed by atoms with Crippen LogP contribution in [0.15, 0.2) is 0 Å². The molecule has 49 valence electrons. The Bertz CT molecular complexity index is 88.9. The first-order chi connectivity index (χ1) is 4.13. The van der Waals surface area contributed by atoms with Crippen molar-refractivity contribution in [3.63, 3.8) is 0 Å². The summed E-state index contributed by atoms with van der Waals surface area (Å²) in [6.07, 6.45) is 2.24. The van der Waals surface area contributed by atoms with Crippen LogP contribution in [0.1, 0.15) is 27.7 Å². The molecule has 0 aromatic carbocycles. The predicted octanol–water partition coefficient (Wildman–Crippen LogP) is -0.414. The van der Waals surface area contributed by atoms with E-state index in [-0.39, 0.29) is 18.9 Å². The summed E-state index contributed by atoms with van der Waals surface area (Å²) in [5, 5.41) is 0. The first-order valence-electron chi connectivity index (χ1n) is 3.33. The maximum atomic E-state index is 2.24. The molecule has 0 nitrogen and oxygen atoms in total. The second-order valence-electron chi connectivity index (χ2n) is 2.76. The van der Waals surface area contributed by atoms with Crippen molar-refractivity contribution in [2.45, 2.75) is 27.7 Å². The Morgan fingerprint density at radius 3 is 1.20 bits per heavy atom. The minimum absolute atomic E-state index is 0. The van der Waals surface area contributed by atoms with Gasteiger partial charge in [-0.2, -0.15) is 0 Å². The molecule has 0 saturated heterocycles. The average Bonchev–Trinajstić information content (AvgIpc) is 1.98. The zero-order valence-electron chi connectivity index (χ0n) is 7.58. The summed E-state index contributed by atoms with van der Waals surface area (Å²) < 4.78 is 0. The van der Waals surface area contributed by atoms with Crippen molar-refractivity contribution in [1.29, 1.82) is 0 Å². The van der Waals surface area contributed by atoms with Crippen molar-refractivity contribution in [2.75, 3.05) is 0 Å². The van der Waals surface area contributed by atoms with Crippen LogP contribution in [0.2, 0.25) is 0 Å². The molecule has 0 aromatic heterocycles. The van der Waals surface area contributed by atoms with Gasteiger partial charge in [0.1, 0.15) is 0 Å². The maximum Gasteiger partial charge on any atom is 1.00 e. The van der Waals surface area contributed by atoms with E-state index in [2.05, 4.69) is 34.1 Å². The molecule has 1 saturated carbocycles. The van der Waals surface area contributed by atoms with E-state index in [1.54, 1.807) is 0 Å². The van der Waals surface area contributed by atoms with Crippen LogP contribution in [0.25, 0.3) is 0 Å². The molecule has 1 aliphatic carbocycles. The number of hydrogen-bond acceptors (Lipinski definition) is 0. The molecule has 0 aliphatic heterocycles. The molecular formula is C9H13Li+. The Morgan fingerprint density at radius 1 is 0.800 bits per heavy atom. The number of hydrogen-bond donors (Lipinski definition) is 0. The van der Waals surface area contributed by atoms with E-state index in [0.717, 1.165) is 0 Å². The van der Waals surface area contributed by atoms with Gasteiger partial charge in [0.15, 0.2) is 0 Å². The van der Waals surface area contributed by atoms with E-state index in [1.807, 2.05) is 0 Å². The van der Waals surface area contributed by atoms with E-state index >= 15 is 0 Å². The molecule has 1 aliphatic rings. The van der Waals surface area contributed by atoms with Gasteiger partial charge in [-0.15, -0.1) is 0 Å². The van der Waals surface area contributed by atoms with Crippen LogP contribution >= 0.6 is 0 Å². The Hall–Kier alpha value is 0.597. The van der Waals surface area contributed by atoms with Crippen molar-refractivity contribution in [2.24, 2.45) is 0 Å². The summed E-state index contributed by atoms with van der Waals surface area (Å²) in [6.45, 7) is 8.68. The van der Waals surface area contributed by atoms with Crippen molar-refractivity contribution in [3.8, 4) is 0 Å². The topological polar surface area (TPSA) is 0 Å². The molecule has 0 heterocycles. The Kier molecular flexibility index (Phi) is 4.07. The average molecular weight is 128 g/mol. The second-order valence-corrected chi connectivity index (χ2v) is 2.76. The summed E-state index contributed by atoms with van der Waals surface area (Å²) >= 11 is 0. The molecule has 0 bridgehead atoms. The van der Waals surface area contributed by atoms with Crippen molar-refractivity contribution >= 4 is 0 Å². The zero-order chi connectivity index (χ0) is 7.02. The zero-order valence-corrected chi connectivity index (χ0v) is 7.58. The third-order valence-corrected chi connectivity index (χ3v) is 2.18. The molecule has 1 fully saturated rings. The molecule has 0 spiro atoms. The molecule has 1 rings (SSSR count). The quantitative estimate of drug-likeness (QED) is 0.389. The summed E-state index contributed by atoms with van der Waals surface area (Å²) in [7, 11) is 0. The van der Waals surface area contributed by atoms with Gasteiger partial charge in [0.2, 0.25) is 0 Å². The molecule has 0 amide bonds. The molecule has 1 heteroatoms.